The summed E-state index contributed by atoms with van der Waals surface area (Å²) in [5, 5.41) is 14.0. The number of benzene rings is 1. The molecule has 2 N–H and O–H groups in total. The second-order valence-corrected chi connectivity index (χ2v) is 3.58. The van der Waals surface area contributed by atoms with Gasteiger partial charge in [0.15, 0.2) is 0 Å². The zero-order valence-electron chi connectivity index (χ0n) is 11.2. The fourth-order valence-electron chi connectivity index (χ4n) is 1.58. The molecule has 7 nitrogen and oxygen atoms in total. The van der Waals surface area contributed by atoms with Crippen molar-refractivity contribution in [3.63, 3.8) is 0 Å². The van der Waals surface area contributed by atoms with Crippen molar-refractivity contribution < 1.29 is 29.1 Å². The van der Waals surface area contributed by atoms with Crippen LogP contribution in [-0.2, 0) is 9.47 Å². The monoisotopic (exact) mass is 280 g/mol. The summed E-state index contributed by atoms with van der Waals surface area (Å²) in [6.45, 7) is 3.79. The lowest BCUT2D eigenvalue weighted by Gasteiger charge is -2.18. The summed E-state index contributed by atoms with van der Waals surface area (Å²) in [7, 11) is 0. The summed E-state index contributed by atoms with van der Waals surface area (Å²) in [6.07, 6.45) is -1.42. The first-order valence-corrected chi connectivity index (χ1v) is 5.98. The molecule has 0 aromatic heterocycles. The molecule has 0 aromatic carbocycles. The van der Waals surface area contributed by atoms with Crippen molar-refractivity contribution in [2.75, 3.05) is 18.1 Å². The van der Waals surface area contributed by atoms with Gasteiger partial charge in [-0.05, 0) is 31.5 Å². The predicted molar refractivity (Wildman–Crippen MR) is 72.2 cm³/mol. The highest BCUT2D eigenvalue weighted by atomic mass is 16.6. The molecule has 107 valence electrons. The molecule has 2 aliphatic rings. The molecule has 8 heteroatoms. The Morgan fingerprint density at radius 1 is 1.15 bits per heavy atom. The normalized spacial score (nSPS) is 9.80. The number of anilines is 1. The molecule has 2 amide bonds. The van der Waals surface area contributed by atoms with Gasteiger partial charge in [-0.2, -0.15) is 4.90 Å². The van der Waals surface area contributed by atoms with Gasteiger partial charge in [-0.25, -0.2) is 9.59 Å². The van der Waals surface area contributed by atoms with E-state index in [0.717, 1.165) is 16.0 Å². The third-order valence-electron chi connectivity index (χ3n) is 2.37. The summed E-state index contributed by atoms with van der Waals surface area (Å²) >= 11 is 0. The molecule has 0 aromatic rings. The summed E-state index contributed by atoms with van der Waals surface area (Å²) < 4.78 is 9.69. The Labute approximate surface area is 117 Å². The zero-order chi connectivity index (χ0) is 15.1. The van der Waals surface area contributed by atoms with Gasteiger partial charge in [0.1, 0.15) is 0 Å². The summed E-state index contributed by atoms with van der Waals surface area (Å²) in [6, 6.07) is 5.44. The molecule has 2 rings (SSSR count). The lowest BCUT2D eigenvalue weighted by Crippen LogP contribution is -2.37. The number of imide groups is 1. The van der Waals surface area contributed by atoms with Gasteiger partial charge in [0.2, 0.25) is 0 Å². The maximum atomic E-state index is 11.7. The Bertz CT molecular complexity index is 475. The lowest BCUT2D eigenvalue weighted by atomic mass is 10.4. The van der Waals surface area contributed by atoms with Gasteiger partial charge in [0.25, 0.3) is 0 Å². The maximum absolute atomic E-state index is 11.7. The molecule has 20 heavy (non-hydrogen) atoms. The standard InChI is InChI=1S/C12H13NO4.BH2O2/c1-3-16-11(14)13(12(15)17-4-2)10-6-5-8-7-9(8)10;2-1-3/h5-7H,3-4H2,1-2H3;2-3H. The Balaban J connectivity index is 0.000000612. The Morgan fingerprint density at radius 3 is 1.95 bits per heavy atom. The third kappa shape index (κ3) is 3.72. The van der Waals surface area contributed by atoms with Crippen LogP contribution in [0.3, 0.4) is 0 Å². The summed E-state index contributed by atoms with van der Waals surface area (Å²) in [4.78, 5) is 24.4. The second kappa shape index (κ2) is 7.51. The van der Waals surface area contributed by atoms with Crippen molar-refractivity contribution >= 4 is 25.6 Å². The summed E-state index contributed by atoms with van der Waals surface area (Å²) in [5.74, 6) is 0. The van der Waals surface area contributed by atoms with E-state index in [0.29, 0.717) is 5.69 Å². The lowest BCUT2D eigenvalue weighted by molar-refractivity contribution is 0.140. The number of nitrogens with zero attached hydrogens (tertiary/aromatic N) is 1. The van der Waals surface area contributed by atoms with E-state index < -0.39 is 12.2 Å². The van der Waals surface area contributed by atoms with Gasteiger partial charge in [-0.1, -0.05) is 6.07 Å². The van der Waals surface area contributed by atoms with Gasteiger partial charge in [-0.15, -0.1) is 0 Å². The largest absolute Gasteiger partial charge is 0.482 e. The SMILES string of the molecule is CCOC(=O)N(C(=O)OCC)c1ccc2cc1-2.O[B]O. The second-order valence-electron chi connectivity index (χ2n) is 3.58. The van der Waals surface area contributed by atoms with Crippen molar-refractivity contribution in [1.82, 2.24) is 0 Å². The number of ether oxygens (including phenoxy) is 2. The van der Waals surface area contributed by atoms with E-state index in [1.165, 1.54) is 0 Å². The average Bonchev–Trinajstić information content (AvgIpc) is 3.06. The number of amides is 2. The van der Waals surface area contributed by atoms with Gasteiger partial charge in [0.05, 0.1) is 18.9 Å². The van der Waals surface area contributed by atoms with Crippen LogP contribution in [-0.4, -0.2) is 43.1 Å². The Morgan fingerprint density at radius 2 is 1.65 bits per heavy atom. The van der Waals surface area contributed by atoms with Gasteiger partial charge in [0, 0.05) is 5.56 Å². The molecule has 0 aliphatic heterocycles. The van der Waals surface area contributed by atoms with Gasteiger partial charge in [-0.3, -0.25) is 0 Å². The van der Waals surface area contributed by atoms with Gasteiger partial charge >= 0.3 is 19.9 Å². The van der Waals surface area contributed by atoms with Crippen LogP contribution in [0.2, 0.25) is 0 Å². The number of rotatable bonds is 3. The van der Waals surface area contributed by atoms with Crippen LogP contribution < -0.4 is 4.90 Å². The van der Waals surface area contributed by atoms with E-state index in [1.54, 1.807) is 19.9 Å². The van der Waals surface area contributed by atoms with Crippen LogP contribution in [0.1, 0.15) is 13.8 Å². The maximum Gasteiger partial charge on any atom is 0.482 e. The molecule has 1 radical (unpaired) electrons. The average molecular weight is 280 g/mol. The first-order valence-electron chi connectivity index (χ1n) is 5.98. The molecule has 0 heterocycles. The van der Waals surface area contributed by atoms with Crippen LogP contribution in [0.25, 0.3) is 11.1 Å². The van der Waals surface area contributed by atoms with Crippen molar-refractivity contribution in [3.8, 4) is 11.1 Å². The van der Waals surface area contributed by atoms with E-state index in [2.05, 4.69) is 0 Å². The predicted octanol–water partition coefficient (Wildman–Crippen LogP) is 1.29. The number of carbonyl (C=O) groups excluding carboxylic acids is 2. The topological polar surface area (TPSA) is 96.3 Å². The molecule has 2 aliphatic carbocycles. The Kier molecular flexibility index (Phi) is 6.01. The fourth-order valence-corrected chi connectivity index (χ4v) is 1.58. The van der Waals surface area contributed by atoms with Crippen LogP contribution in [0.5, 0.6) is 0 Å². The quantitative estimate of drug-likeness (QED) is 0.822. The molecule has 0 saturated heterocycles. The molecular formula is C12H15BNO6. The molecular weight excluding hydrogens is 265 g/mol. The number of hydrogen-bond donors (Lipinski definition) is 2. The van der Waals surface area contributed by atoms with Crippen LogP contribution in [0.15, 0.2) is 18.2 Å². The van der Waals surface area contributed by atoms with Crippen molar-refractivity contribution in [2.24, 2.45) is 0 Å². The number of fused-ring (bicyclic) bond motifs is 1. The van der Waals surface area contributed by atoms with E-state index in [9.17, 15) is 9.59 Å². The molecule has 0 spiro atoms. The molecule has 0 unspecified atom stereocenters. The highest BCUT2D eigenvalue weighted by Crippen LogP contribution is 2.44. The minimum atomic E-state index is -0.709. The molecule has 0 bridgehead atoms. The summed E-state index contributed by atoms with van der Waals surface area (Å²) in [5.41, 5.74) is 2.46. The van der Waals surface area contributed by atoms with Crippen LogP contribution in [0.4, 0.5) is 15.3 Å². The van der Waals surface area contributed by atoms with E-state index in [4.69, 9.17) is 19.5 Å². The van der Waals surface area contributed by atoms with Crippen LogP contribution >= 0.6 is 0 Å². The fraction of sp³-hybridized carbons (Fsp3) is 0.333. The van der Waals surface area contributed by atoms with Crippen LogP contribution in [0, 0.1) is 0 Å². The number of hydrogen-bond acceptors (Lipinski definition) is 6. The van der Waals surface area contributed by atoms with E-state index >= 15 is 0 Å². The smallest absolute Gasteiger partial charge is 0.449 e. The molecule has 0 atom stereocenters. The Hall–Kier alpha value is -2.06. The minimum Gasteiger partial charge on any atom is -0.449 e. The van der Waals surface area contributed by atoms with E-state index in [1.807, 2.05) is 12.1 Å². The van der Waals surface area contributed by atoms with E-state index in [-0.39, 0.29) is 20.9 Å². The van der Waals surface area contributed by atoms with Crippen molar-refractivity contribution in [1.29, 1.82) is 0 Å². The molecule has 0 saturated carbocycles. The third-order valence-corrected chi connectivity index (χ3v) is 2.37. The van der Waals surface area contributed by atoms with Gasteiger partial charge < -0.3 is 19.5 Å². The van der Waals surface area contributed by atoms with Crippen molar-refractivity contribution in [2.45, 2.75) is 13.8 Å². The molecule has 0 fully saturated rings. The van der Waals surface area contributed by atoms with Crippen molar-refractivity contribution in [3.05, 3.63) is 18.2 Å². The first kappa shape index (κ1) is 16.0. The minimum absolute atomic E-state index is 0. The zero-order valence-corrected chi connectivity index (χ0v) is 11.2. The first-order chi connectivity index (χ1) is 9.60. The number of carbonyl (C=O) groups is 2. The highest BCUT2D eigenvalue weighted by Gasteiger charge is 2.32. The highest BCUT2D eigenvalue weighted by molar-refractivity contribution is 6.14.